The number of benzene rings is 2. The van der Waals surface area contributed by atoms with Gasteiger partial charge in [-0.05, 0) is 72.5 Å². The van der Waals surface area contributed by atoms with Gasteiger partial charge in [0.15, 0.2) is 0 Å². The highest BCUT2D eigenvalue weighted by molar-refractivity contribution is 7.10. The Morgan fingerprint density at radius 1 is 1.03 bits per heavy atom. The van der Waals surface area contributed by atoms with Crippen molar-refractivity contribution < 1.29 is 9.59 Å². The molecule has 5 heteroatoms. The summed E-state index contributed by atoms with van der Waals surface area (Å²) in [5.74, 6) is -0.0975. The van der Waals surface area contributed by atoms with E-state index in [2.05, 4.69) is 37.4 Å². The van der Waals surface area contributed by atoms with Gasteiger partial charge in [-0.3, -0.25) is 9.59 Å². The smallest absolute Gasteiger partial charge is 0.254 e. The van der Waals surface area contributed by atoms with Crippen LogP contribution in [0.3, 0.4) is 0 Å². The zero-order valence-corrected chi connectivity index (χ0v) is 19.8. The van der Waals surface area contributed by atoms with Gasteiger partial charge in [0.05, 0.1) is 6.04 Å². The number of fused-ring (bicyclic) bond motifs is 1. The molecule has 4 rings (SSSR count). The number of likely N-dealkylation sites (N-methyl/N-ethyl adjacent to an activating group) is 1. The molecule has 0 spiro atoms. The summed E-state index contributed by atoms with van der Waals surface area (Å²) >= 11 is 1.76. The van der Waals surface area contributed by atoms with Crippen molar-refractivity contribution in [2.24, 2.45) is 0 Å². The highest BCUT2D eigenvalue weighted by Crippen LogP contribution is 2.39. The molecule has 0 aliphatic carbocycles. The Bertz CT molecular complexity index is 1100. The van der Waals surface area contributed by atoms with Crippen LogP contribution < -0.4 is 0 Å². The first-order valence-electron chi connectivity index (χ1n) is 11.3. The molecular weight excluding hydrogens is 416 g/mol. The van der Waals surface area contributed by atoms with E-state index in [1.165, 1.54) is 21.6 Å². The Morgan fingerprint density at radius 3 is 2.47 bits per heavy atom. The van der Waals surface area contributed by atoms with Crippen LogP contribution in [0, 0.1) is 6.92 Å². The summed E-state index contributed by atoms with van der Waals surface area (Å²) in [5, 5.41) is 2.12. The molecule has 0 radical (unpaired) electrons. The third kappa shape index (κ3) is 4.35. The van der Waals surface area contributed by atoms with Crippen LogP contribution in [-0.2, 0) is 17.6 Å². The summed E-state index contributed by atoms with van der Waals surface area (Å²) in [6.07, 6.45) is 1.80. The van der Waals surface area contributed by atoms with E-state index in [1.807, 2.05) is 48.2 Å². The van der Waals surface area contributed by atoms with E-state index >= 15 is 0 Å². The standard InChI is InChI=1S/C27H30N2O2S/c1-4-20-10-12-21(13-11-20)27(31)28(5-2)18-25(30)29-16-14-24-23(15-17-32-24)26(29)22-9-7-6-8-19(22)3/h6-13,15,17,26H,4-5,14,16,18H2,1-3H3. The number of thiophene rings is 1. The lowest BCUT2D eigenvalue weighted by Crippen LogP contribution is -2.46. The number of rotatable bonds is 6. The predicted molar refractivity (Wildman–Crippen MR) is 130 cm³/mol. The Hall–Kier alpha value is -2.92. The monoisotopic (exact) mass is 446 g/mol. The molecule has 0 saturated carbocycles. The fourth-order valence-corrected chi connectivity index (χ4v) is 5.36. The molecule has 1 aliphatic heterocycles. The molecule has 4 nitrogen and oxygen atoms in total. The highest BCUT2D eigenvalue weighted by atomic mass is 32.1. The lowest BCUT2D eigenvalue weighted by atomic mass is 9.90. The maximum absolute atomic E-state index is 13.6. The van der Waals surface area contributed by atoms with Crippen LogP contribution in [0.4, 0.5) is 0 Å². The Morgan fingerprint density at radius 2 is 1.78 bits per heavy atom. The molecule has 32 heavy (non-hydrogen) atoms. The van der Waals surface area contributed by atoms with Crippen molar-refractivity contribution in [2.45, 2.75) is 39.7 Å². The summed E-state index contributed by atoms with van der Waals surface area (Å²) < 4.78 is 0. The van der Waals surface area contributed by atoms with Gasteiger partial charge in [0.25, 0.3) is 5.91 Å². The first-order chi connectivity index (χ1) is 15.5. The summed E-state index contributed by atoms with van der Waals surface area (Å²) in [7, 11) is 0. The van der Waals surface area contributed by atoms with Crippen molar-refractivity contribution in [1.29, 1.82) is 0 Å². The minimum atomic E-state index is -0.101. The van der Waals surface area contributed by atoms with Crippen molar-refractivity contribution in [1.82, 2.24) is 9.80 Å². The van der Waals surface area contributed by atoms with Gasteiger partial charge in [-0.25, -0.2) is 0 Å². The number of hydrogen-bond acceptors (Lipinski definition) is 3. The van der Waals surface area contributed by atoms with E-state index in [9.17, 15) is 9.59 Å². The van der Waals surface area contributed by atoms with Crippen LogP contribution in [0.2, 0.25) is 0 Å². The molecule has 2 heterocycles. The van der Waals surface area contributed by atoms with Crippen molar-refractivity contribution >= 4 is 23.2 Å². The van der Waals surface area contributed by atoms with E-state index in [4.69, 9.17) is 0 Å². The molecule has 0 bridgehead atoms. The van der Waals surface area contributed by atoms with Crippen molar-refractivity contribution in [3.05, 3.63) is 92.7 Å². The van der Waals surface area contributed by atoms with Crippen molar-refractivity contribution in [3.8, 4) is 0 Å². The zero-order valence-electron chi connectivity index (χ0n) is 19.0. The second-order valence-corrected chi connectivity index (χ2v) is 9.27. The largest absolute Gasteiger partial charge is 0.330 e. The van der Waals surface area contributed by atoms with E-state index in [0.717, 1.165) is 18.4 Å². The van der Waals surface area contributed by atoms with Gasteiger partial charge in [0, 0.05) is 23.5 Å². The van der Waals surface area contributed by atoms with Crippen LogP contribution in [-0.4, -0.2) is 41.2 Å². The molecule has 1 aliphatic rings. The Labute approximate surface area is 194 Å². The van der Waals surface area contributed by atoms with E-state index in [0.29, 0.717) is 18.7 Å². The number of hydrogen-bond donors (Lipinski definition) is 0. The van der Waals surface area contributed by atoms with Crippen molar-refractivity contribution in [2.75, 3.05) is 19.6 Å². The molecule has 2 aromatic carbocycles. The first kappa shape index (κ1) is 22.3. The van der Waals surface area contributed by atoms with Crippen LogP contribution in [0.5, 0.6) is 0 Å². The SMILES string of the molecule is CCc1ccc(C(=O)N(CC)CC(=O)N2CCc3sccc3C2c2ccccc2C)cc1. The Kier molecular flexibility index (Phi) is 6.75. The summed E-state index contributed by atoms with van der Waals surface area (Å²) in [5.41, 5.74) is 5.37. The van der Waals surface area contributed by atoms with Gasteiger partial charge >= 0.3 is 0 Å². The quantitative estimate of drug-likeness (QED) is 0.519. The fourth-order valence-electron chi connectivity index (χ4n) is 4.46. The minimum Gasteiger partial charge on any atom is -0.330 e. The highest BCUT2D eigenvalue weighted by Gasteiger charge is 2.34. The first-order valence-corrected chi connectivity index (χ1v) is 12.2. The molecule has 166 valence electrons. The normalized spacial score (nSPS) is 15.3. The topological polar surface area (TPSA) is 40.6 Å². The molecule has 2 amide bonds. The number of carbonyl (C=O) groups excluding carboxylic acids is 2. The second-order valence-electron chi connectivity index (χ2n) is 8.27. The molecule has 3 aromatic rings. The predicted octanol–water partition coefficient (Wildman–Crippen LogP) is 5.26. The molecule has 1 unspecified atom stereocenters. The number of carbonyl (C=O) groups is 2. The summed E-state index contributed by atoms with van der Waals surface area (Å²) in [6.45, 7) is 7.37. The molecular formula is C27H30N2O2S. The van der Waals surface area contributed by atoms with Crippen LogP contribution in [0.25, 0.3) is 0 Å². The Balaban J connectivity index is 1.59. The summed E-state index contributed by atoms with van der Waals surface area (Å²) in [6, 6.07) is 18.0. The third-order valence-electron chi connectivity index (χ3n) is 6.37. The second kappa shape index (κ2) is 9.70. The molecule has 1 atom stereocenters. The van der Waals surface area contributed by atoms with E-state index < -0.39 is 0 Å². The van der Waals surface area contributed by atoms with Gasteiger partial charge < -0.3 is 9.80 Å². The van der Waals surface area contributed by atoms with E-state index in [1.54, 1.807) is 16.2 Å². The minimum absolute atomic E-state index is 0.00418. The van der Waals surface area contributed by atoms with E-state index in [-0.39, 0.29) is 24.4 Å². The third-order valence-corrected chi connectivity index (χ3v) is 7.37. The van der Waals surface area contributed by atoms with Gasteiger partial charge in [0.1, 0.15) is 6.54 Å². The van der Waals surface area contributed by atoms with Crippen molar-refractivity contribution in [3.63, 3.8) is 0 Å². The van der Waals surface area contributed by atoms with Crippen LogP contribution in [0.15, 0.2) is 60.0 Å². The van der Waals surface area contributed by atoms with Crippen LogP contribution in [0.1, 0.15) is 57.4 Å². The zero-order chi connectivity index (χ0) is 22.7. The lowest BCUT2D eigenvalue weighted by molar-refractivity contribution is -0.134. The fraction of sp³-hybridized carbons (Fsp3) is 0.333. The van der Waals surface area contributed by atoms with Gasteiger partial charge in [0.2, 0.25) is 5.91 Å². The number of aryl methyl sites for hydroxylation is 2. The molecule has 0 N–H and O–H groups in total. The summed E-state index contributed by atoms with van der Waals surface area (Å²) in [4.78, 5) is 31.6. The molecule has 0 saturated heterocycles. The molecule has 0 fully saturated rings. The van der Waals surface area contributed by atoms with Gasteiger partial charge in [-0.15, -0.1) is 11.3 Å². The van der Waals surface area contributed by atoms with Gasteiger partial charge in [-0.1, -0.05) is 43.3 Å². The van der Waals surface area contributed by atoms with Gasteiger partial charge in [-0.2, -0.15) is 0 Å². The maximum atomic E-state index is 13.6. The average molecular weight is 447 g/mol. The average Bonchev–Trinajstić information content (AvgIpc) is 3.31. The number of nitrogens with zero attached hydrogens (tertiary/aromatic N) is 2. The lowest BCUT2D eigenvalue weighted by Gasteiger charge is -2.38. The maximum Gasteiger partial charge on any atom is 0.254 e. The molecule has 1 aromatic heterocycles. The van der Waals surface area contributed by atoms with Crippen LogP contribution >= 0.6 is 11.3 Å². The number of amides is 2.